The molecule has 1 heterocycles. The van der Waals surface area contributed by atoms with E-state index in [4.69, 9.17) is 5.84 Å². The SMILES string of the molecule is CC1=CN(C(C)C)CCN(N)C1. The topological polar surface area (TPSA) is 32.5 Å². The fourth-order valence-corrected chi connectivity index (χ4v) is 1.44. The molecule has 0 saturated carbocycles. The van der Waals surface area contributed by atoms with Gasteiger partial charge in [0.15, 0.2) is 0 Å². The van der Waals surface area contributed by atoms with Gasteiger partial charge in [0.05, 0.1) is 0 Å². The van der Waals surface area contributed by atoms with Crippen LogP contribution in [-0.2, 0) is 0 Å². The summed E-state index contributed by atoms with van der Waals surface area (Å²) in [5, 5.41) is 1.87. The number of rotatable bonds is 1. The van der Waals surface area contributed by atoms with Gasteiger partial charge in [-0.05, 0) is 32.5 Å². The van der Waals surface area contributed by atoms with Gasteiger partial charge in [-0.2, -0.15) is 0 Å². The summed E-state index contributed by atoms with van der Waals surface area (Å²) in [6.45, 7) is 9.41. The molecule has 3 nitrogen and oxygen atoms in total. The average Bonchev–Trinajstić information content (AvgIpc) is 2.11. The molecule has 0 atom stereocenters. The second kappa shape index (κ2) is 3.92. The standard InChI is InChI=1S/C9H19N3/c1-8(2)11-4-5-12(10)7-9(3)6-11/h6,8H,4-5,7,10H2,1-3H3. The summed E-state index contributed by atoms with van der Waals surface area (Å²) in [7, 11) is 0. The van der Waals surface area contributed by atoms with Crippen molar-refractivity contribution in [3.63, 3.8) is 0 Å². The predicted octanol–water partition coefficient (Wildman–Crippen LogP) is 0.790. The van der Waals surface area contributed by atoms with Gasteiger partial charge in [0.2, 0.25) is 0 Å². The summed E-state index contributed by atoms with van der Waals surface area (Å²) in [5.41, 5.74) is 1.34. The van der Waals surface area contributed by atoms with Crippen LogP contribution in [0.5, 0.6) is 0 Å². The quantitative estimate of drug-likeness (QED) is 0.589. The molecule has 0 aliphatic carbocycles. The minimum atomic E-state index is 0.575. The molecule has 0 bridgehead atoms. The van der Waals surface area contributed by atoms with Crippen LogP contribution < -0.4 is 5.84 Å². The predicted molar refractivity (Wildman–Crippen MR) is 51.4 cm³/mol. The molecule has 0 aromatic carbocycles. The van der Waals surface area contributed by atoms with Gasteiger partial charge in [0.25, 0.3) is 0 Å². The largest absolute Gasteiger partial charge is 0.374 e. The van der Waals surface area contributed by atoms with E-state index >= 15 is 0 Å². The van der Waals surface area contributed by atoms with Crippen LogP contribution in [0.15, 0.2) is 11.8 Å². The van der Waals surface area contributed by atoms with E-state index in [0.717, 1.165) is 19.6 Å². The first-order chi connectivity index (χ1) is 5.59. The van der Waals surface area contributed by atoms with Crippen molar-refractivity contribution < 1.29 is 0 Å². The first kappa shape index (κ1) is 9.55. The lowest BCUT2D eigenvalue weighted by molar-refractivity contribution is 0.252. The van der Waals surface area contributed by atoms with Gasteiger partial charge in [0.1, 0.15) is 0 Å². The number of nitrogens with two attached hydrogens (primary N) is 1. The Kier molecular flexibility index (Phi) is 3.12. The lowest BCUT2D eigenvalue weighted by atomic mass is 10.3. The highest BCUT2D eigenvalue weighted by Crippen LogP contribution is 2.07. The Bertz CT molecular complexity index is 175. The molecule has 1 aliphatic rings. The zero-order chi connectivity index (χ0) is 9.14. The third-order valence-electron chi connectivity index (χ3n) is 2.15. The van der Waals surface area contributed by atoms with E-state index < -0.39 is 0 Å². The van der Waals surface area contributed by atoms with Crippen LogP contribution in [0.4, 0.5) is 0 Å². The van der Waals surface area contributed by atoms with Crippen molar-refractivity contribution in [2.24, 2.45) is 5.84 Å². The fourth-order valence-electron chi connectivity index (χ4n) is 1.44. The van der Waals surface area contributed by atoms with Crippen molar-refractivity contribution in [3.8, 4) is 0 Å². The highest BCUT2D eigenvalue weighted by atomic mass is 15.4. The van der Waals surface area contributed by atoms with Crippen LogP contribution >= 0.6 is 0 Å². The van der Waals surface area contributed by atoms with E-state index in [1.807, 2.05) is 5.01 Å². The molecule has 2 N–H and O–H groups in total. The summed E-state index contributed by atoms with van der Waals surface area (Å²) in [5.74, 6) is 5.75. The maximum atomic E-state index is 5.75. The van der Waals surface area contributed by atoms with Gasteiger partial charge in [-0.15, -0.1) is 0 Å². The van der Waals surface area contributed by atoms with Gasteiger partial charge in [-0.1, -0.05) is 0 Å². The van der Waals surface area contributed by atoms with Crippen LogP contribution in [0.2, 0.25) is 0 Å². The van der Waals surface area contributed by atoms with E-state index in [0.29, 0.717) is 6.04 Å². The summed E-state index contributed by atoms with van der Waals surface area (Å²) in [4.78, 5) is 2.34. The van der Waals surface area contributed by atoms with Crippen LogP contribution in [-0.4, -0.2) is 35.6 Å². The molecule has 1 rings (SSSR count). The van der Waals surface area contributed by atoms with Crippen molar-refractivity contribution >= 4 is 0 Å². The van der Waals surface area contributed by atoms with Gasteiger partial charge >= 0.3 is 0 Å². The summed E-state index contributed by atoms with van der Waals surface area (Å²) in [6, 6.07) is 0.575. The molecule has 0 saturated heterocycles. The Morgan fingerprint density at radius 2 is 2.08 bits per heavy atom. The Morgan fingerprint density at radius 1 is 1.42 bits per heavy atom. The Labute approximate surface area is 74.8 Å². The monoisotopic (exact) mass is 169 g/mol. The van der Waals surface area contributed by atoms with Crippen molar-refractivity contribution in [2.45, 2.75) is 26.8 Å². The second-order valence-electron chi connectivity index (χ2n) is 3.78. The molecule has 1 aliphatic heterocycles. The van der Waals surface area contributed by atoms with Gasteiger partial charge in [-0.25, -0.2) is 5.01 Å². The highest BCUT2D eigenvalue weighted by molar-refractivity contribution is 5.02. The second-order valence-corrected chi connectivity index (χ2v) is 3.78. The third kappa shape index (κ3) is 2.50. The van der Waals surface area contributed by atoms with E-state index in [-0.39, 0.29) is 0 Å². The smallest absolute Gasteiger partial charge is 0.0353 e. The van der Waals surface area contributed by atoms with Crippen molar-refractivity contribution in [1.82, 2.24) is 9.91 Å². The minimum absolute atomic E-state index is 0.575. The van der Waals surface area contributed by atoms with Crippen molar-refractivity contribution in [3.05, 3.63) is 11.8 Å². The Morgan fingerprint density at radius 3 is 2.67 bits per heavy atom. The fraction of sp³-hybridized carbons (Fsp3) is 0.778. The highest BCUT2D eigenvalue weighted by Gasteiger charge is 2.11. The Hall–Kier alpha value is -0.540. The molecule has 0 aromatic rings. The Balaban J connectivity index is 2.61. The van der Waals surface area contributed by atoms with Crippen LogP contribution in [0.1, 0.15) is 20.8 Å². The van der Waals surface area contributed by atoms with Gasteiger partial charge in [0, 0.05) is 25.7 Å². The van der Waals surface area contributed by atoms with Crippen molar-refractivity contribution in [1.29, 1.82) is 0 Å². The van der Waals surface area contributed by atoms with E-state index in [1.54, 1.807) is 0 Å². The molecule has 0 fully saturated rings. The maximum absolute atomic E-state index is 5.75. The number of hydrogen-bond acceptors (Lipinski definition) is 3. The van der Waals surface area contributed by atoms with Crippen LogP contribution in [0.25, 0.3) is 0 Å². The van der Waals surface area contributed by atoms with Crippen LogP contribution in [0.3, 0.4) is 0 Å². The molecular formula is C9H19N3. The van der Waals surface area contributed by atoms with Crippen molar-refractivity contribution in [2.75, 3.05) is 19.6 Å². The molecular weight excluding hydrogens is 150 g/mol. The van der Waals surface area contributed by atoms with E-state index in [2.05, 4.69) is 31.9 Å². The zero-order valence-electron chi connectivity index (χ0n) is 8.25. The zero-order valence-corrected chi connectivity index (χ0v) is 8.25. The summed E-state index contributed by atoms with van der Waals surface area (Å²) >= 11 is 0. The molecule has 0 spiro atoms. The molecule has 3 heteroatoms. The maximum Gasteiger partial charge on any atom is 0.0353 e. The third-order valence-corrected chi connectivity index (χ3v) is 2.15. The molecule has 0 radical (unpaired) electrons. The molecule has 12 heavy (non-hydrogen) atoms. The number of hydrazine groups is 1. The summed E-state index contributed by atoms with van der Waals surface area (Å²) in [6.07, 6.45) is 2.22. The lowest BCUT2D eigenvalue weighted by Gasteiger charge is -2.24. The van der Waals surface area contributed by atoms with E-state index in [9.17, 15) is 0 Å². The molecule has 70 valence electrons. The lowest BCUT2D eigenvalue weighted by Crippen LogP contribution is -2.37. The average molecular weight is 169 g/mol. The number of nitrogens with zero attached hydrogens (tertiary/aromatic N) is 2. The van der Waals surface area contributed by atoms with Gasteiger partial charge < -0.3 is 4.90 Å². The minimum Gasteiger partial charge on any atom is -0.374 e. The first-order valence-electron chi connectivity index (χ1n) is 4.52. The van der Waals surface area contributed by atoms with Crippen LogP contribution in [0, 0.1) is 0 Å². The number of hydrogen-bond donors (Lipinski definition) is 1. The van der Waals surface area contributed by atoms with Gasteiger partial charge in [-0.3, -0.25) is 5.84 Å². The van der Waals surface area contributed by atoms with E-state index in [1.165, 1.54) is 5.57 Å². The molecule has 0 aromatic heterocycles. The first-order valence-corrected chi connectivity index (χ1v) is 4.52. The normalized spacial score (nSPS) is 21.1. The molecule has 0 amide bonds. The summed E-state index contributed by atoms with van der Waals surface area (Å²) < 4.78 is 0. The molecule has 0 unspecified atom stereocenters.